The summed E-state index contributed by atoms with van der Waals surface area (Å²) in [7, 11) is 0. The molecule has 1 aromatic heterocycles. The normalized spacial score (nSPS) is 15.2. The zero-order valence-electron chi connectivity index (χ0n) is 8.91. The molecule has 0 saturated heterocycles. The molecule has 1 aliphatic carbocycles. The predicted molar refractivity (Wildman–Crippen MR) is 71.1 cm³/mol. The Hall–Kier alpha value is -1.00. The van der Waals surface area contributed by atoms with Crippen LogP contribution in [0.3, 0.4) is 0 Å². The van der Waals surface area contributed by atoms with Gasteiger partial charge < -0.3 is 0 Å². The van der Waals surface area contributed by atoms with Gasteiger partial charge in [-0.2, -0.15) is 0 Å². The highest BCUT2D eigenvalue weighted by molar-refractivity contribution is 9.10. The van der Waals surface area contributed by atoms with Crippen molar-refractivity contribution < 1.29 is 0 Å². The largest absolute Gasteiger partial charge is 0.294 e. The standard InChI is InChI=1S/C12H10BrClN2O/c13-10-11(7-1-2-7)15-16(12(10)17)9-5-3-8(14)4-6-9/h3-7,15H,1-2H2. The van der Waals surface area contributed by atoms with Gasteiger partial charge in [0.25, 0.3) is 5.56 Å². The first-order chi connectivity index (χ1) is 8.16. The highest BCUT2D eigenvalue weighted by Gasteiger charge is 2.29. The number of aromatic amines is 1. The van der Waals surface area contributed by atoms with Gasteiger partial charge in [0, 0.05) is 10.9 Å². The quantitative estimate of drug-likeness (QED) is 0.906. The van der Waals surface area contributed by atoms with E-state index in [0.717, 1.165) is 24.2 Å². The van der Waals surface area contributed by atoms with E-state index in [-0.39, 0.29) is 5.56 Å². The fraction of sp³-hybridized carbons (Fsp3) is 0.250. The minimum atomic E-state index is -0.0470. The molecular formula is C12H10BrClN2O. The number of nitrogens with zero attached hydrogens (tertiary/aromatic N) is 1. The molecule has 0 unspecified atom stereocenters. The molecule has 0 aliphatic heterocycles. The first-order valence-electron chi connectivity index (χ1n) is 5.43. The van der Waals surface area contributed by atoms with Crippen LogP contribution in [0.25, 0.3) is 5.69 Å². The third-order valence-corrected chi connectivity index (χ3v) is 3.95. The van der Waals surface area contributed by atoms with Crippen molar-refractivity contribution in [3.63, 3.8) is 0 Å². The van der Waals surface area contributed by atoms with E-state index < -0.39 is 0 Å². The molecule has 0 atom stereocenters. The SMILES string of the molecule is O=c1c(Br)c(C2CC2)[nH]n1-c1ccc(Cl)cc1. The number of rotatable bonds is 2. The molecule has 0 amide bonds. The van der Waals surface area contributed by atoms with E-state index in [1.165, 1.54) is 0 Å². The van der Waals surface area contributed by atoms with Gasteiger partial charge in [-0.3, -0.25) is 9.89 Å². The Kier molecular flexibility index (Phi) is 2.64. The van der Waals surface area contributed by atoms with E-state index in [1.807, 2.05) is 12.1 Å². The molecule has 0 spiro atoms. The fourth-order valence-electron chi connectivity index (χ4n) is 1.85. The maximum absolute atomic E-state index is 12.1. The van der Waals surface area contributed by atoms with Crippen molar-refractivity contribution in [3.05, 3.63) is 49.8 Å². The van der Waals surface area contributed by atoms with Crippen LogP contribution >= 0.6 is 27.5 Å². The van der Waals surface area contributed by atoms with Crippen molar-refractivity contribution in [1.29, 1.82) is 0 Å². The van der Waals surface area contributed by atoms with Crippen LogP contribution in [0.15, 0.2) is 33.5 Å². The van der Waals surface area contributed by atoms with Gasteiger partial charge in [0.05, 0.1) is 11.4 Å². The molecule has 1 N–H and O–H groups in total. The molecule has 3 nitrogen and oxygen atoms in total. The lowest BCUT2D eigenvalue weighted by Gasteiger charge is -2.01. The summed E-state index contributed by atoms with van der Waals surface area (Å²) in [6, 6.07) is 7.19. The van der Waals surface area contributed by atoms with Crippen molar-refractivity contribution in [2.24, 2.45) is 0 Å². The Labute approximate surface area is 112 Å². The maximum Gasteiger partial charge on any atom is 0.285 e. The van der Waals surface area contributed by atoms with Crippen molar-refractivity contribution in [2.75, 3.05) is 0 Å². The van der Waals surface area contributed by atoms with Crippen molar-refractivity contribution in [3.8, 4) is 5.69 Å². The Balaban J connectivity index is 2.11. The zero-order chi connectivity index (χ0) is 12.0. The van der Waals surface area contributed by atoms with E-state index in [1.54, 1.807) is 16.8 Å². The van der Waals surface area contributed by atoms with Gasteiger partial charge in [0.2, 0.25) is 0 Å². The number of nitrogens with one attached hydrogen (secondary N) is 1. The third kappa shape index (κ3) is 1.96. The van der Waals surface area contributed by atoms with E-state index in [4.69, 9.17) is 11.6 Å². The number of hydrogen-bond donors (Lipinski definition) is 1. The summed E-state index contributed by atoms with van der Waals surface area (Å²) in [5.74, 6) is 0.505. The van der Waals surface area contributed by atoms with Crippen LogP contribution < -0.4 is 5.56 Å². The zero-order valence-corrected chi connectivity index (χ0v) is 11.3. The summed E-state index contributed by atoms with van der Waals surface area (Å²) in [6.45, 7) is 0. The van der Waals surface area contributed by atoms with Gasteiger partial charge in [-0.15, -0.1) is 0 Å². The van der Waals surface area contributed by atoms with Crippen LogP contribution in [0.2, 0.25) is 5.02 Å². The van der Waals surface area contributed by atoms with E-state index >= 15 is 0 Å². The van der Waals surface area contributed by atoms with Crippen LogP contribution in [-0.2, 0) is 0 Å². The second-order valence-electron chi connectivity index (χ2n) is 4.23. The van der Waals surface area contributed by atoms with Gasteiger partial charge in [0.15, 0.2) is 0 Å². The van der Waals surface area contributed by atoms with Crippen molar-refractivity contribution in [1.82, 2.24) is 9.78 Å². The third-order valence-electron chi connectivity index (χ3n) is 2.93. The first kappa shape index (κ1) is 11.1. The fourth-order valence-corrected chi connectivity index (χ4v) is 2.56. The lowest BCUT2D eigenvalue weighted by atomic mass is 10.3. The molecule has 1 heterocycles. The second-order valence-corrected chi connectivity index (χ2v) is 5.46. The Morgan fingerprint density at radius 1 is 1.29 bits per heavy atom. The van der Waals surface area contributed by atoms with Gasteiger partial charge in [0.1, 0.15) is 4.47 Å². The van der Waals surface area contributed by atoms with E-state index in [9.17, 15) is 4.79 Å². The molecule has 2 aromatic rings. The number of benzene rings is 1. The van der Waals surface area contributed by atoms with Gasteiger partial charge in [-0.1, -0.05) is 11.6 Å². The Morgan fingerprint density at radius 3 is 2.53 bits per heavy atom. The van der Waals surface area contributed by atoms with Gasteiger partial charge in [-0.05, 0) is 53.0 Å². The summed E-state index contributed by atoms with van der Waals surface area (Å²) >= 11 is 9.19. The van der Waals surface area contributed by atoms with Gasteiger partial charge in [-0.25, -0.2) is 4.68 Å². The molecule has 0 radical (unpaired) electrons. The summed E-state index contributed by atoms with van der Waals surface area (Å²) in [5, 5.41) is 3.82. The van der Waals surface area contributed by atoms with Crippen LogP contribution in [0.4, 0.5) is 0 Å². The average molecular weight is 314 g/mol. The topological polar surface area (TPSA) is 37.8 Å². The summed E-state index contributed by atoms with van der Waals surface area (Å²) < 4.78 is 2.20. The molecule has 1 fully saturated rings. The van der Waals surface area contributed by atoms with Gasteiger partial charge >= 0.3 is 0 Å². The predicted octanol–water partition coefficient (Wildman–Crippen LogP) is 3.46. The number of H-pyrrole nitrogens is 1. The lowest BCUT2D eigenvalue weighted by molar-refractivity contribution is 0.816. The number of halogens is 2. The molecule has 1 aliphatic rings. The number of aromatic nitrogens is 2. The Morgan fingerprint density at radius 2 is 1.94 bits per heavy atom. The van der Waals surface area contributed by atoms with E-state index in [0.29, 0.717) is 15.4 Å². The summed E-state index contributed by atoms with van der Waals surface area (Å²) in [5.41, 5.74) is 1.76. The molecule has 17 heavy (non-hydrogen) atoms. The first-order valence-corrected chi connectivity index (χ1v) is 6.60. The monoisotopic (exact) mass is 312 g/mol. The van der Waals surface area contributed by atoms with Crippen LogP contribution in [-0.4, -0.2) is 9.78 Å². The van der Waals surface area contributed by atoms with E-state index in [2.05, 4.69) is 21.0 Å². The highest BCUT2D eigenvalue weighted by Crippen LogP contribution is 2.41. The molecule has 88 valence electrons. The van der Waals surface area contributed by atoms with Crippen molar-refractivity contribution >= 4 is 27.5 Å². The molecule has 3 rings (SSSR count). The number of hydrogen-bond acceptors (Lipinski definition) is 1. The molecule has 1 saturated carbocycles. The molecule has 0 bridgehead atoms. The average Bonchev–Trinajstić information content (AvgIpc) is 3.11. The summed E-state index contributed by atoms with van der Waals surface area (Å²) in [6.07, 6.45) is 2.30. The maximum atomic E-state index is 12.1. The lowest BCUT2D eigenvalue weighted by Crippen LogP contribution is -2.14. The Bertz CT molecular complexity index is 610. The van der Waals surface area contributed by atoms with Crippen LogP contribution in [0, 0.1) is 0 Å². The van der Waals surface area contributed by atoms with Crippen molar-refractivity contribution in [2.45, 2.75) is 18.8 Å². The highest BCUT2D eigenvalue weighted by atomic mass is 79.9. The minimum absolute atomic E-state index is 0.0470. The summed E-state index contributed by atoms with van der Waals surface area (Å²) in [4.78, 5) is 12.1. The van der Waals surface area contributed by atoms with Crippen LogP contribution in [0.1, 0.15) is 24.5 Å². The minimum Gasteiger partial charge on any atom is -0.294 e. The van der Waals surface area contributed by atoms with Crippen LogP contribution in [0.5, 0.6) is 0 Å². The molecular weight excluding hydrogens is 304 g/mol. The second kappa shape index (κ2) is 4.03. The molecule has 5 heteroatoms. The smallest absolute Gasteiger partial charge is 0.285 e. The molecule has 1 aromatic carbocycles.